The molecule has 52 heavy (non-hydrogen) atoms. The SMILES string of the molecule is C1=CCC(C2=[N+](c3ccc(-n4c5ccccc5c5c6ccccc6c6c7ccccc7n(-c7ccccc7)c6c54)cc3)C(c3ccccc3)=N2)C=C1. The average Bonchev–Trinajstić information content (AvgIpc) is 3.73. The summed E-state index contributed by atoms with van der Waals surface area (Å²) in [5.74, 6) is 2.32. The van der Waals surface area contributed by atoms with Crippen LogP contribution in [-0.2, 0) is 0 Å². The van der Waals surface area contributed by atoms with Gasteiger partial charge in [-0.15, -0.1) is 0 Å². The maximum Gasteiger partial charge on any atom is 0.278 e. The number of fused-ring (bicyclic) bond motifs is 10. The van der Waals surface area contributed by atoms with E-state index < -0.39 is 0 Å². The second-order valence-electron chi connectivity index (χ2n) is 13.7. The van der Waals surface area contributed by atoms with Crippen molar-refractivity contribution in [2.75, 3.05) is 0 Å². The number of benzene rings is 7. The fourth-order valence-electron chi connectivity index (χ4n) is 8.59. The van der Waals surface area contributed by atoms with Gasteiger partial charge in [0, 0.05) is 32.9 Å². The normalized spacial score (nSPS) is 15.7. The molecule has 244 valence electrons. The Kier molecular flexibility index (Phi) is 6.34. The topological polar surface area (TPSA) is 25.2 Å². The number of rotatable bonds is 5. The van der Waals surface area contributed by atoms with Crippen LogP contribution < -0.4 is 0 Å². The molecular weight excluding hydrogens is 633 g/mol. The molecule has 0 amide bonds. The first-order valence-electron chi connectivity index (χ1n) is 18.0. The van der Waals surface area contributed by atoms with Gasteiger partial charge in [-0.3, -0.25) is 0 Å². The zero-order chi connectivity index (χ0) is 34.2. The molecule has 3 heterocycles. The Morgan fingerprint density at radius 3 is 1.60 bits per heavy atom. The molecule has 0 fully saturated rings. The first-order valence-corrected chi connectivity index (χ1v) is 18.0. The fourth-order valence-corrected chi connectivity index (χ4v) is 8.59. The minimum Gasteiger partial charge on any atom is -0.307 e. The van der Waals surface area contributed by atoms with Crippen molar-refractivity contribution in [2.24, 2.45) is 10.9 Å². The molecule has 9 aromatic rings. The summed E-state index contributed by atoms with van der Waals surface area (Å²) in [7, 11) is 0. The molecular formula is C48H33N4+. The van der Waals surface area contributed by atoms with Crippen LogP contribution in [0.3, 0.4) is 0 Å². The van der Waals surface area contributed by atoms with E-state index in [1.54, 1.807) is 0 Å². The van der Waals surface area contributed by atoms with Gasteiger partial charge in [0.2, 0.25) is 0 Å². The monoisotopic (exact) mass is 665 g/mol. The zero-order valence-electron chi connectivity index (χ0n) is 28.4. The maximum atomic E-state index is 5.12. The lowest BCUT2D eigenvalue weighted by atomic mass is 9.97. The van der Waals surface area contributed by atoms with Gasteiger partial charge < -0.3 is 9.13 Å². The van der Waals surface area contributed by atoms with E-state index >= 15 is 0 Å². The molecule has 0 N–H and O–H groups in total. The quantitative estimate of drug-likeness (QED) is 0.164. The first kappa shape index (κ1) is 29.0. The van der Waals surface area contributed by atoms with Gasteiger partial charge in [-0.25, -0.2) is 0 Å². The number of amidine groups is 2. The first-order chi connectivity index (χ1) is 25.8. The van der Waals surface area contributed by atoms with E-state index in [4.69, 9.17) is 4.99 Å². The smallest absolute Gasteiger partial charge is 0.278 e. The fraction of sp³-hybridized carbons (Fsp3) is 0.0417. The zero-order valence-corrected chi connectivity index (χ0v) is 28.4. The van der Waals surface area contributed by atoms with Gasteiger partial charge in [-0.2, -0.15) is 4.58 Å². The molecule has 2 aliphatic rings. The molecule has 0 bridgehead atoms. The standard InChI is InChI=1S/C48H33N4/c1-4-16-32(17-5-1)47-49-48(33-18-6-2-7-19-33)52(47)36-30-28-35(29-31-36)51-42-27-15-13-25-40(42)44-38-23-11-10-22-37(38)43-39-24-12-14-26-41(39)50(45(43)46(44)51)34-20-8-3-9-21-34/h1-18,20-31,33H,19H2/q+1. The van der Waals surface area contributed by atoms with Crippen LogP contribution in [0.2, 0.25) is 0 Å². The van der Waals surface area contributed by atoms with Crippen molar-refractivity contribution in [3.8, 4) is 11.4 Å². The summed E-state index contributed by atoms with van der Waals surface area (Å²) in [5.41, 5.74) is 9.33. The van der Waals surface area contributed by atoms with Crippen molar-refractivity contribution in [3.05, 3.63) is 188 Å². The van der Waals surface area contributed by atoms with E-state index in [1.807, 2.05) is 0 Å². The van der Waals surface area contributed by atoms with E-state index in [-0.39, 0.29) is 5.92 Å². The Bertz CT molecular complexity index is 3010. The molecule has 1 unspecified atom stereocenters. The molecule has 0 spiro atoms. The Morgan fingerprint density at radius 1 is 0.500 bits per heavy atom. The maximum absolute atomic E-state index is 5.12. The summed E-state index contributed by atoms with van der Waals surface area (Å²) in [5, 5.41) is 7.60. The number of hydrogen-bond acceptors (Lipinski definition) is 1. The Labute approximate surface area is 300 Å². The highest BCUT2D eigenvalue weighted by atomic mass is 15.2. The lowest BCUT2D eigenvalue weighted by molar-refractivity contribution is -0.323. The predicted octanol–water partition coefficient (Wildman–Crippen LogP) is 11.7. The molecule has 0 radical (unpaired) electrons. The second kappa shape index (κ2) is 11.4. The van der Waals surface area contributed by atoms with Crippen molar-refractivity contribution in [3.63, 3.8) is 0 Å². The van der Waals surface area contributed by atoms with Gasteiger partial charge in [-0.1, -0.05) is 126 Å². The van der Waals surface area contributed by atoms with Crippen LogP contribution in [0, 0.1) is 5.92 Å². The van der Waals surface area contributed by atoms with Gasteiger partial charge in [0.1, 0.15) is 5.69 Å². The van der Waals surface area contributed by atoms with Crippen LogP contribution in [-0.4, -0.2) is 25.4 Å². The largest absolute Gasteiger partial charge is 0.307 e. The lowest BCUT2D eigenvalue weighted by Crippen LogP contribution is -2.37. The molecule has 7 aromatic carbocycles. The Balaban J connectivity index is 1.21. The van der Waals surface area contributed by atoms with Crippen LogP contribution in [0.1, 0.15) is 12.0 Å². The highest BCUT2D eigenvalue weighted by molar-refractivity contribution is 6.36. The molecule has 11 rings (SSSR count). The van der Waals surface area contributed by atoms with E-state index in [0.717, 1.165) is 40.7 Å². The van der Waals surface area contributed by atoms with Gasteiger partial charge in [0.15, 0.2) is 0 Å². The van der Waals surface area contributed by atoms with Crippen molar-refractivity contribution in [1.29, 1.82) is 0 Å². The number of allylic oxidation sites excluding steroid dienone is 3. The van der Waals surface area contributed by atoms with Crippen LogP contribution in [0.15, 0.2) is 187 Å². The van der Waals surface area contributed by atoms with Crippen molar-refractivity contribution in [2.45, 2.75) is 6.42 Å². The lowest BCUT2D eigenvalue weighted by Gasteiger charge is -2.23. The summed E-state index contributed by atoms with van der Waals surface area (Å²) >= 11 is 0. The third-order valence-electron chi connectivity index (χ3n) is 10.8. The van der Waals surface area contributed by atoms with Gasteiger partial charge in [0.25, 0.3) is 11.7 Å². The molecule has 4 nitrogen and oxygen atoms in total. The minimum atomic E-state index is 0.246. The number of nitrogens with zero attached hydrogens (tertiary/aromatic N) is 4. The molecule has 1 aliphatic carbocycles. The number of hydrogen-bond donors (Lipinski definition) is 0. The van der Waals surface area contributed by atoms with Crippen LogP contribution >= 0.6 is 0 Å². The number of para-hydroxylation sites is 3. The van der Waals surface area contributed by atoms with E-state index in [0.29, 0.717) is 0 Å². The third-order valence-corrected chi connectivity index (χ3v) is 10.8. The Morgan fingerprint density at radius 2 is 1.02 bits per heavy atom. The Hall–Kier alpha value is -6.78. The minimum absolute atomic E-state index is 0.246. The van der Waals surface area contributed by atoms with Crippen molar-refractivity contribution >= 4 is 71.7 Å². The van der Waals surface area contributed by atoms with E-state index in [9.17, 15) is 0 Å². The summed E-state index contributed by atoms with van der Waals surface area (Å²) < 4.78 is 7.31. The summed E-state index contributed by atoms with van der Waals surface area (Å²) in [4.78, 5) is 5.12. The number of aliphatic imine (C=N–C) groups is 1. The molecule has 1 atom stereocenters. The van der Waals surface area contributed by atoms with Crippen molar-refractivity contribution in [1.82, 2.24) is 9.13 Å². The molecule has 0 saturated carbocycles. The van der Waals surface area contributed by atoms with Gasteiger partial charge in [-0.05, 0) is 77.9 Å². The summed E-state index contributed by atoms with van der Waals surface area (Å²) in [6.45, 7) is 0. The van der Waals surface area contributed by atoms with Crippen molar-refractivity contribution < 1.29 is 4.58 Å². The van der Waals surface area contributed by atoms with Gasteiger partial charge >= 0.3 is 0 Å². The highest BCUT2D eigenvalue weighted by Gasteiger charge is 2.36. The van der Waals surface area contributed by atoms with Crippen LogP contribution in [0.25, 0.3) is 65.8 Å². The third kappa shape index (κ3) is 4.15. The molecule has 4 heteroatoms. The van der Waals surface area contributed by atoms with E-state index in [2.05, 4.69) is 196 Å². The summed E-state index contributed by atoms with van der Waals surface area (Å²) in [6, 6.07) is 57.1. The molecule has 1 aliphatic heterocycles. The second-order valence-corrected chi connectivity index (χ2v) is 13.7. The van der Waals surface area contributed by atoms with Crippen LogP contribution in [0.4, 0.5) is 5.69 Å². The average molecular weight is 666 g/mol. The molecule has 2 aromatic heterocycles. The van der Waals surface area contributed by atoms with Gasteiger partial charge in [0.05, 0.1) is 33.5 Å². The summed E-state index contributed by atoms with van der Waals surface area (Å²) in [6.07, 6.45) is 9.71. The molecule has 0 saturated heterocycles. The highest BCUT2D eigenvalue weighted by Crippen LogP contribution is 2.46. The number of aromatic nitrogens is 2. The van der Waals surface area contributed by atoms with E-state index in [1.165, 1.54) is 54.4 Å². The van der Waals surface area contributed by atoms with Crippen LogP contribution in [0.5, 0.6) is 0 Å². The predicted molar refractivity (Wildman–Crippen MR) is 217 cm³/mol.